The summed E-state index contributed by atoms with van der Waals surface area (Å²) in [6.07, 6.45) is 0.745. The summed E-state index contributed by atoms with van der Waals surface area (Å²) in [6, 6.07) is 0. The van der Waals surface area contributed by atoms with Crippen LogP contribution in [0.4, 0.5) is 0 Å². The van der Waals surface area contributed by atoms with Gasteiger partial charge in [0.15, 0.2) is 5.16 Å². The average molecular weight is 443 g/mol. The molecular weight excluding hydrogens is 416 g/mol. The van der Waals surface area contributed by atoms with Gasteiger partial charge in [0.2, 0.25) is 5.91 Å². The molecule has 0 unspecified atom stereocenters. The highest BCUT2D eigenvalue weighted by Crippen LogP contribution is 2.21. The number of rotatable bonds is 9. The Morgan fingerprint density at radius 2 is 2.04 bits per heavy atom. The predicted molar refractivity (Wildman–Crippen MR) is 107 cm³/mol. The number of carbonyl (C=O) groups is 1. The van der Waals surface area contributed by atoms with E-state index in [-0.39, 0.29) is 5.91 Å². The number of carbonyl (C=O) groups excluding carboxylic acids is 1. The molecule has 0 aromatic carbocycles. The topological polar surface area (TPSA) is 77.6 Å². The Balaban J connectivity index is 1.96. The number of amides is 1. The molecule has 0 aliphatic carbocycles. The molecule has 2 heterocycles. The number of aromatic nitrogens is 5. The van der Waals surface area contributed by atoms with Crippen molar-refractivity contribution in [3.8, 4) is 0 Å². The van der Waals surface area contributed by atoms with Crippen LogP contribution in [0.25, 0.3) is 0 Å². The number of nitrogens with one attached hydrogen (secondary N) is 1. The largest absolute Gasteiger partial charge is 0.355 e. The van der Waals surface area contributed by atoms with Gasteiger partial charge in [0.1, 0.15) is 5.82 Å². The number of hydrogen-bond acceptors (Lipinski definition) is 5. The van der Waals surface area contributed by atoms with Crippen LogP contribution in [0.2, 0.25) is 0 Å². The molecule has 1 amide bonds. The molecule has 0 atom stereocenters. The molecule has 7 nitrogen and oxygen atoms in total. The van der Waals surface area contributed by atoms with Crippen molar-refractivity contribution >= 4 is 33.6 Å². The fraction of sp³-hybridized carbons (Fsp3) is 0.647. The van der Waals surface area contributed by atoms with Crippen molar-refractivity contribution in [2.75, 3.05) is 12.3 Å². The fourth-order valence-corrected chi connectivity index (χ4v) is 3.66. The van der Waals surface area contributed by atoms with Crippen molar-refractivity contribution < 1.29 is 4.79 Å². The highest BCUT2D eigenvalue weighted by Gasteiger charge is 2.15. The molecule has 2 aromatic heterocycles. The Morgan fingerprint density at radius 3 is 2.62 bits per heavy atom. The predicted octanol–water partition coefficient (Wildman–Crippen LogP) is 2.98. The van der Waals surface area contributed by atoms with Crippen LogP contribution >= 0.6 is 27.7 Å². The quantitative estimate of drug-likeness (QED) is 0.603. The number of halogens is 1. The molecule has 0 fully saturated rings. The first-order valence-corrected chi connectivity index (χ1v) is 10.6. The summed E-state index contributed by atoms with van der Waals surface area (Å²) in [5.41, 5.74) is 2.10. The molecule has 0 saturated carbocycles. The van der Waals surface area contributed by atoms with E-state index in [9.17, 15) is 4.79 Å². The van der Waals surface area contributed by atoms with Gasteiger partial charge in [0.25, 0.3) is 0 Å². The monoisotopic (exact) mass is 442 g/mol. The minimum atomic E-state index is 0.0309. The van der Waals surface area contributed by atoms with E-state index in [1.54, 1.807) is 0 Å². The van der Waals surface area contributed by atoms with E-state index < -0.39 is 0 Å². The first-order valence-electron chi connectivity index (χ1n) is 8.84. The van der Waals surface area contributed by atoms with E-state index in [1.807, 2.05) is 18.5 Å². The summed E-state index contributed by atoms with van der Waals surface area (Å²) >= 11 is 4.99. The van der Waals surface area contributed by atoms with Gasteiger partial charge in [-0.05, 0) is 42.6 Å². The summed E-state index contributed by atoms with van der Waals surface area (Å²) in [7, 11) is 0. The summed E-state index contributed by atoms with van der Waals surface area (Å²) in [6.45, 7) is 12.5. The minimum Gasteiger partial charge on any atom is -0.355 e. The van der Waals surface area contributed by atoms with Gasteiger partial charge in [-0.15, -0.1) is 10.2 Å². The number of aryl methyl sites for hydroxylation is 3. The van der Waals surface area contributed by atoms with Crippen molar-refractivity contribution in [3.05, 3.63) is 21.7 Å². The second-order valence-corrected chi connectivity index (χ2v) is 8.32. The van der Waals surface area contributed by atoms with Crippen LogP contribution in [0.5, 0.6) is 0 Å². The molecule has 26 heavy (non-hydrogen) atoms. The van der Waals surface area contributed by atoms with Gasteiger partial charge in [-0.1, -0.05) is 25.6 Å². The molecule has 0 bridgehead atoms. The van der Waals surface area contributed by atoms with E-state index in [0.29, 0.717) is 18.2 Å². The van der Waals surface area contributed by atoms with Crippen molar-refractivity contribution in [2.24, 2.45) is 5.92 Å². The lowest BCUT2D eigenvalue weighted by molar-refractivity contribution is -0.118. The smallest absolute Gasteiger partial charge is 0.230 e. The van der Waals surface area contributed by atoms with Gasteiger partial charge >= 0.3 is 0 Å². The molecule has 1 N–H and O–H groups in total. The summed E-state index contributed by atoms with van der Waals surface area (Å²) in [4.78, 5) is 11.9. The van der Waals surface area contributed by atoms with Crippen molar-refractivity contribution in [3.63, 3.8) is 0 Å². The van der Waals surface area contributed by atoms with Crippen LogP contribution in [0.15, 0.2) is 9.63 Å². The molecule has 0 spiro atoms. The lowest BCUT2D eigenvalue weighted by atomic mass is 10.2. The zero-order valence-corrected chi connectivity index (χ0v) is 18.4. The number of thioether (sulfide) groups is 1. The second-order valence-electron chi connectivity index (χ2n) is 6.59. The van der Waals surface area contributed by atoms with Crippen molar-refractivity contribution in [1.82, 2.24) is 29.9 Å². The zero-order chi connectivity index (χ0) is 19.3. The highest BCUT2D eigenvalue weighted by molar-refractivity contribution is 9.10. The molecular formula is C17H27BrN6OS. The lowest BCUT2D eigenvalue weighted by Crippen LogP contribution is -2.28. The standard InChI is InChI=1S/C17H27BrN6OS/c1-6-23-14(7-8-24-13(5)16(18)12(4)22-24)20-21-17(23)26-10-15(25)19-9-11(2)3/h11H,6-10H2,1-5H3,(H,19,25). The van der Waals surface area contributed by atoms with E-state index in [2.05, 4.69) is 61.9 Å². The molecule has 144 valence electrons. The summed E-state index contributed by atoms with van der Waals surface area (Å²) < 4.78 is 5.11. The maximum absolute atomic E-state index is 11.9. The van der Waals surface area contributed by atoms with E-state index in [1.165, 1.54) is 11.8 Å². The Hall–Kier alpha value is -1.35. The SMILES string of the molecule is CCn1c(CCn2nc(C)c(Br)c2C)nnc1SCC(=O)NCC(C)C. The molecule has 0 aliphatic heterocycles. The zero-order valence-electron chi connectivity index (χ0n) is 16.0. The molecule has 0 saturated heterocycles. The second kappa shape index (κ2) is 9.55. The van der Waals surface area contributed by atoms with Gasteiger partial charge in [-0.3, -0.25) is 9.48 Å². The third kappa shape index (κ3) is 5.33. The van der Waals surface area contributed by atoms with Gasteiger partial charge in [0, 0.05) is 31.7 Å². The molecule has 0 radical (unpaired) electrons. The third-order valence-electron chi connectivity index (χ3n) is 3.99. The molecule has 2 rings (SSSR count). The van der Waals surface area contributed by atoms with Crippen LogP contribution in [0, 0.1) is 19.8 Å². The number of nitrogens with zero attached hydrogens (tertiary/aromatic N) is 5. The Morgan fingerprint density at radius 1 is 1.31 bits per heavy atom. The van der Waals surface area contributed by atoms with Crippen molar-refractivity contribution in [2.45, 2.75) is 59.3 Å². The Bertz CT molecular complexity index is 755. The van der Waals surface area contributed by atoms with Gasteiger partial charge in [-0.2, -0.15) is 5.10 Å². The average Bonchev–Trinajstić information content (AvgIpc) is 3.11. The molecule has 0 aliphatic rings. The number of hydrogen-bond donors (Lipinski definition) is 1. The van der Waals surface area contributed by atoms with Crippen LogP contribution < -0.4 is 5.32 Å². The maximum Gasteiger partial charge on any atom is 0.230 e. The maximum atomic E-state index is 11.9. The Kier molecular flexibility index (Phi) is 7.69. The normalized spacial score (nSPS) is 11.3. The van der Waals surface area contributed by atoms with Crippen LogP contribution in [-0.4, -0.2) is 42.7 Å². The van der Waals surface area contributed by atoms with E-state index in [0.717, 1.165) is 46.4 Å². The lowest BCUT2D eigenvalue weighted by Gasteiger charge is -2.09. The fourth-order valence-electron chi connectivity index (χ4n) is 2.53. The van der Waals surface area contributed by atoms with E-state index in [4.69, 9.17) is 0 Å². The summed E-state index contributed by atoms with van der Waals surface area (Å²) in [5, 5.41) is 16.8. The van der Waals surface area contributed by atoms with Gasteiger partial charge < -0.3 is 9.88 Å². The molecule has 9 heteroatoms. The summed E-state index contributed by atoms with van der Waals surface area (Å²) in [5.74, 6) is 1.75. The minimum absolute atomic E-state index is 0.0309. The molecule has 2 aromatic rings. The third-order valence-corrected chi connectivity index (χ3v) is 6.10. The first kappa shape index (κ1) is 21.0. The van der Waals surface area contributed by atoms with Crippen LogP contribution in [0.1, 0.15) is 38.0 Å². The van der Waals surface area contributed by atoms with Crippen LogP contribution in [0.3, 0.4) is 0 Å². The first-order chi connectivity index (χ1) is 12.3. The Labute approximate surface area is 167 Å². The van der Waals surface area contributed by atoms with Gasteiger partial charge in [0.05, 0.1) is 15.9 Å². The van der Waals surface area contributed by atoms with E-state index >= 15 is 0 Å². The van der Waals surface area contributed by atoms with Gasteiger partial charge in [-0.25, -0.2) is 0 Å². The van der Waals surface area contributed by atoms with Crippen molar-refractivity contribution in [1.29, 1.82) is 0 Å². The van der Waals surface area contributed by atoms with Crippen LogP contribution in [-0.2, 0) is 24.3 Å². The highest BCUT2D eigenvalue weighted by atomic mass is 79.9.